The molecular formula is C8H14O2. The summed E-state index contributed by atoms with van der Waals surface area (Å²) in [6.45, 7) is 0.416. The van der Waals surface area contributed by atoms with Crippen molar-refractivity contribution in [2.75, 3.05) is 13.2 Å². The van der Waals surface area contributed by atoms with Gasteiger partial charge in [-0.2, -0.15) is 0 Å². The van der Waals surface area contributed by atoms with E-state index >= 15 is 0 Å². The normalized spacial score (nSPS) is 8.60. The van der Waals surface area contributed by atoms with Crippen molar-refractivity contribution in [3.63, 3.8) is 0 Å². The Labute approximate surface area is 61.5 Å². The fourth-order valence-electron chi connectivity index (χ4n) is 0.508. The van der Waals surface area contributed by atoms with Gasteiger partial charge in [-0.1, -0.05) is 0 Å². The maximum atomic E-state index is 8.37. The van der Waals surface area contributed by atoms with E-state index in [1.54, 1.807) is 6.08 Å². The third kappa shape index (κ3) is 7.44. The third-order valence-electron chi connectivity index (χ3n) is 1.02. The molecule has 0 aliphatic heterocycles. The molecule has 0 amide bonds. The summed E-state index contributed by atoms with van der Waals surface area (Å²) in [4.78, 5) is 0. The molecule has 2 N–H and O–H groups in total. The highest BCUT2D eigenvalue weighted by Crippen LogP contribution is 1.87. The van der Waals surface area contributed by atoms with Gasteiger partial charge in [0.15, 0.2) is 0 Å². The fraction of sp³-hybridized carbons (Fsp3) is 0.625. The maximum Gasteiger partial charge on any atom is 0.0471 e. The number of aliphatic hydroxyl groups excluding tert-OH is 2. The molecule has 0 saturated carbocycles. The molecule has 0 rings (SSSR count). The number of hydrogen-bond donors (Lipinski definition) is 2. The number of unbranched alkanes of at least 4 members (excludes halogenated alkanes) is 1. The van der Waals surface area contributed by atoms with Crippen LogP contribution in [0, 0.1) is 0 Å². The fourth-order valence-corrected chi connectivity index (χ4v) is 0.508. The lowest BCUT2D eigenvalue weighted by molar-refractivity contribution is 0.289. The van der Waals surface area contributed by atoms with Crippen LogP contribution in [-0.4, -0.2) is 23.4 Å². The van der Waals surface area contributed by atoms with Gasteiger partial charge in [0.25, 0.3) is 0 Å². The Kier molecular flexibility index (Phi) is 7.97. The summed E-state index contributed by atoms with van der Waals surface area (Å²) in [5, 5.41) is 16.7. The second-order valence-corrected chi connectivity index (χ2v) is 1.95. The van der Waals surface area contributed by atoms with E-state index in [0.717, 1.165) is 12.8 Å². The Morgan fingerprint density at radius 3 is 2.30 bits per heavy atom. The monoisotopic (exact) mass is 142 g/mol. The SMILES string of the molecule is OCCC=C=CCCCO. The Morgan fingerprint density at radius 2 is 1.70 bits per heavy atom. The molecule has 0 aliphatic rings. The Balaban J connectivity index is 3.17. The van der Waals surface area contributed by atoms with Crippen molar-refractivity contribution >= 4 is 0 Å². The maximum absolute atomic E-state index is 8.37. The first-order valence-electron chi connectivity index (χ1n) is 3.53. The van der Waals surface area contributed by atoms with Crippen molar-refractivity contribution in [2.24, 2.45) is 0 Å². The van der Waals surface area contributed by atoms with E-state index in [2.05, 4.69) is 5.73 Å². The highest BCUT2D eigenvalue weighted by molar-refractivity contribution is 4.84. The molecule has 0 spiro atoms. The van der Waals surface area contributed by atoms with Gasteiger partial charge in [0.05, 0.1) is 0 Å². The van der Waals surface area contributed by atoms with Crippen LogP contribution < -0.4 is 0 Å². The molecule has 0 atom stereocenters. The van der Waals surface area contributed by atoms with E-state index in [1.165, 1.54) is 0 Å². The molecule has 0 aromatic carbocycles. The number of aliphatic hydroxyl groups is 2. The Morgan fingerprint density at radius 1 is 1.00 bits per heavy atom. The van der Waals surface area contributed by atoms with Crippen LogP contribution in [0.4, 0.5) is 0 Å². The van der Waals surface area contributed by atoms with Crippen LogP contribution in [-0.2, 0) is 0 Å². The molecule has 0 aromatic rings. The molecule has 2 nitrogen and oxygen atoms in total. The predicted octanol–water partition coefficient (Wildman–Crippen LogP) is 0.853. The van der Waals surface area contributed by atoms with E-state index in [1.807, 2.05) is 6.08 Å². The third-order valence-corrected chi connectivity index (χ3v) is 1.02. The van der Waals surface area contributed by atoms with Crippen LogP contribution in [0.3, 0.4) is 0 Å². The minimum Gasteiger partial charge on any atom is -0.396 e. The molecule has 0 aromatic heterocycles. The van der Waals surface area contributed by atoms with Crippen molar-refractivity contribution in [3.8, 4) is 0 Å². The summed E-state index contributed by atoms with van der Waals surface area (Å²) in [6.07, 6.45) is 5.97. The molecular weight excluding hydrogens is 128 g/mol. The first-order valence-corrected chi connectivity index (χ1v) is 3.53. The highest BCUT2D eigenvalue weighted by Gasteiger charge is 1.75. The van der Waals surface area contributed by atoms with Gasteiger partial charge < -0.3 is 10.2 Å². The molecule has 10 heavy (non-hydrogen) atoms. The minimum absolute atomic E-state index is 0.181. The van der Waals surface area contributed by atoms with Crippen LogP contribution in [0.25, 0.3) is 0 Å². The summed E-state index contributed by atoms with van der Waals surface area (Å²) < 4.78 is 0. The molecule has 0 bridgehead atoms. The van der Waals surface area contributed by atoms with E-state index in [4.69, 9.17) is 10.2 Å². The molecule has 58 valence electrons. The number of rotatable bonds is 5. The van der Waals surface area contributed by atoms with E-state index in [0.29, 0.717) is 6.42 Å². The van der Waals surface area contributed by atoms with Crippen molar-refractivity contribution in [1.29, 1.82) is 0 Å². The molecule has 2 heteroatoms. The zero-order valence-corrected chi connectivity index (χ0v) is 6.08. The largest absolute Gasteiger partial charge is 0.396 e. The molecule has 0 unspecified atom stereocenters. The zero-order chi connectivity index (χ0) is 7.66. The average molecular weight is 142 g/mol. The van der Waals surface area contributed by atoms with Crippen molar-refractivity contribution in [1.82, 2.24) is 0 Å². The van der Waals surface area contributed by atoms with Gasteiger partial charge in [0.1, 0.15) is 0 Å². The van der Waals surface area contributed by atoms with E-state index < -0.39 is 0 Å². The van der Waals surface area contributed by atoms with Crippen LogP contribution in [0.2, 0.25) is 0 Å². The lowest BCUT2D eigenvalue weighted by atomic mass is 10.3. The summed E-state index contributed by atoms with van der Waals surface area (Å²) in [7, 11) is 0. The summed E-state index contributed by atoms with van der Waals surface area (Å²) in [5.74, 6) is 0. The minimum atomic E-state index is 0.181. The Hall–Kier alpha value is -0.560. The van der Waals surface area contributed by atoms with Crippen LogP contribution in [0.15, 0.2) is 17.9 Å². The summed E-state index contributed by atoms with van der Waals surface area (Å²) in [6, 6.07) is 0. The highest BCUT2D eigenvalue weighted by atomic mass is 16.3. The van der Waals surface area contributed by atoms with Gasteiger partial charge in [-0.3, -0.25) is 0 Å². The summed E-state index contributed by atoms with van der Waals surface area (Å²) >= 11 is 0. The first kappa shape index (κ1) is 9.44. The van der Waals surface area contributed by atoms with E-state index in [9.17, 15) is 0 Å². The smallest absolute Gasteiger partial charge is 0.0471 e. The van der Waals surface area contributed by atoms with Crippen molar-refractivity contribution in [3.05, 3.63) is 17.9 Å². The molecule has 0 heterocycles. The topological polar surface area (TPSA) is 40.5 Å². The first-order chi connectivity index (χ1) is 4.91. The average Bonchev–Trinajstić information content (AvgIpc) is 1.97. The van der Waals surface area contributed by atoms with Crippen molar-refractivity contribution in [2.45, 2.75) is 19.3 Å². The van der Waals surface area contributed by atoms with Crippen LogP contribution in [0.1, 0.15) is 19.3 Å². The second kappa shape index (κ2) is 8.44. The predicted molar refractivity (Wildman–Crippen MR) is 40.7 cm³/mol. The zero-order valence-electron chi connectivity index (χ0n) is 6.08. The molecule has 0 saturated heterocycles. The van der Waals surface area contributed by atoms with Crippen molar-refractivity contribution < 1.29 is 10.2 Å². The summed E-state index contributed by atoms with van der Waals surface area (Å²) in [5.41, 5.74) is 2.90. The van der Waals surface area contributed by atoms with Gasteiger partial charge >= 0.3 is 0 Å². The van der Waals surface area contributed by atoms with Gasteiger partial charge in [0, 0.05) is 13.2 Å². The van der Waals surface area contributed by atoms with Crippen LogP contribution in [0.5, 0.6) is 0 Å². The molecule has 0 radical (unpaired) electrons. The quantitative estimate of drug-likeness (QED) is 0.441. The van der Waals surface area contributed by atoms with Crippen LogP contribution >= 0.6 is 0 Å². The lowest BCUT2D eigenvalue weighted by Gasteiger charge is -1.83. The van der Waals surface area contributed by atoms with Gasteiger partial charge in [-0.15, -0.1) is 5.73 Å². The second-order valence-electron chi connectivity index (χ2n) is 1.95. The number of hydrogen-bond acceptors (Lipinski definition) is 2. The lowest BCUT2D eigenvalue weighted by Crippen LogP contribution is -1.77. The molecule has 0 aliphatic carbocycles. The van der Waals surface area contributed by atoms with E-state index in [-0.39, 0.29) is 13.2 Å². The van der Waals surface area contributed by atoms with Gasteiger partial charge in [0.2, 0.25) is 0 Å². The standard InChI is InChI=1S/C8H14O2/c9-7-5-3-1-2-4-6-8-10/h1,4,9-10H,3,5-8H2. The van der Waals surface area contributed by atoms with Gasteiger partial charge in [-0.25, -0.2) is 0 Å². The Bertz CT molecular complexity index is 112. The van der Waals surface area contributed by atoms with Gasteiger partial charge in [-0.05, 0) is 31.4 Å². The molecule has 0 fully saturated rings.